The number of carbonyl (C=O) groups excluding carboxylic acids is 2. The highest BCUT2D eigenvalue weighted by Gasteiger charge is 2.35. The largest absolute Gasteiger partial charge is 0.362 e. The first-order chi connectivity index (χ1) is 8.27. The smallest absolute Gasteiger partial charge is 0.318 e. The minimum atomic E-state index is -0.982. The number of carbonyl (C=O) groups is 2. The molecule has 1 aromatic heterocycles. The molecule has 8 nitrogen and oxygen atoms in total. The van der Waals surface area contributed by atoms with Crippen molar-refractivity contribution in [3.63, 3.8) is 0 Å². The second-order valence-corrected chi connectivity index (χ2v) is 4.39. The highest BCUT2D eigenvalue weighted by molar-refractivity contribution is 6.03. The highest BCUT2D eigenvalue weighted by atomic mass is 16.8. The SMILES string of the molecule is CC(C)N(C(=O)c1c(C(N)=O)no[n+]1[O-])C(C)C. The summed E-state index contributed by atoms with van der Waals surface area (Å²) in [5, 5.41) is 14.6. The van der Waals surface area contributed by atoms with Gasteiger partial charge in [0.05, 0.1) is 5.16 Å². The molecule has 0 atom stereocenters. The number of amides is 2. The van der Waals surface area contributed by atoms with E-state index in [0.717, 1.165) is 0 Å². The van der Waals surface area contributed by atoms with Crippen LogP contribution in [0.5, 0.6) is 0 Å². The van der Waals surface area contributed by atoms with Gasteiger partial charge in [-0.2, -0.15) is 0 Å². The van der Waals surface area contributed by atoms with Gasteiger partial charge in [-0.1, -0.05) is 0 Å². The molecule has 1 rings (SSSR count). The van der Waals surface area contributed by atoms with Crippen LogP contribution in [0.1, 0.15) is 48.7 Å². The molecule has 0 aliphatic carbocycles. The van der Waals surface area contributed by atoms with Crippen LogP contribution in [-0.4, -0.2) is 34.0 Å². The van der Waals surface area contributed by atoms with Crippen molar-refractivity contribution in [1.82, 2.24) is 10.1 Å². The average Bonchev–Trinajstić information content (AvgIpc) is 2.58. The van der Waals surface area contributed by atoms with Crippen LogP contribution < -0.4 is 10.6 Å². The minimum Gasteiger partial charge on any atom is -0.362 e. The molecule has 0 spiro atoms. The van der Waals surface area contributed by atoms with Crippen LogP contribution in [0.2, 0.25) is 0 Å². The molecule has 2 N–H and O–H groups in total. The number of hydrogen-bond acceptors (Lipinski definition) is 5. The third-order valence-corrected chi connectivity index (χ3v) is 2.40. The van der Waals surface area contributed by atoms with Crippen molar-refractivity contribution in [2.24, 2.45) is 5.73 Å². The van der Waals surface area contributed by atoms with E-state index in [0.29, 0.717) is 0 Å². The quantitative estimate of drug-likeness (QED) is 0.740. The molecule has 0 bridgehead atoms. The first-order valence-corrected chi connectivity index (χ1v) is 5.49. The number of rotatable bonds is 4. The van der Waals surface area contributed by atoms with Crippen molar-refractivity contribution in [1.29, 1.82) is 0 Å². The normalized spacial score (nSPS) is 11.0. The second-order valence-electron chi connectivity index (χ2n) is 4.39. The fraction of sp³-hybridized carbons (Fsp3) is 0.600. The van der Waals surface area contributed by atoms with Gasteiger partial charge < -0.3 is 15.8 Å². The molecule has 0 aliphatic rings. The van der Waals surface area contributed by atoms with Crippen molar-refractivity contribution in [3.05, 3.63) is 16.6 Å². The van der Waals surface area contributed by atoms with Crippen molar-refractivity contribution < 1.29 is 19.1 Å². The topological polar surface area (TPSA) is 116 Å². The van der Waals surface area contributed by atoms with Gasteiger partial charge in [0.15, 0.2) is 0 Å². The van der Waals surface area contributed by atoms with Crippen molar-refractivity contribution in [3.8, 4) is 0 Å². The van der Waals surface area contributed by atoms with Crippen molar-refractivity contribution >= 4 is 11.8 Å². The zero-order chi connectivity index (χ0) is 14.0. The zero-order valence-corrected chi connectivity index (χ0v) is 10.7. The van der Waals surface area contributed by atoms with Gasteiger partial charge >= 0.3 is 11.6 Å². The number of nitrogens with two attached hydrogens (primary N) is 1. The molecule has 0 aromatic carbocycles. The van der Waals surface area contributed by atoms with Crippen LogP contribution in [0.3, 0.4) is 0 Å². The number of aromatic nitrogens is 2. The molecule has 0 saturated heterocycles. The summed E-state index contributed by atoms with van der Waals surface area (Å²) >= 11 is 0. The summed E-state index contributed by atoms with van der Waals surface area (Å²) in [6.45, 7) is 7.18. The molecule has 100 valence electrons. The van der Waals surface area contributed by atoms with E-state index in [9.17, 15) is 14.8 Å². The molecule has 0 saturated carbocycles. The first kappa shape index (κ1) is 13.9. The molecule has 1 aromatic rings. The van der Waals surface area contributed by atoms with Gasteiger partial charge in [-0.25, -0.2) is 0 Å². The number of primary amides is 1. The summed E-state index contributed by atoms with van der Waals surface area (Å²) in [4.78, 5) is 24.7. The van der Waals surface area contributed by atoms with Crippen LogP contribution in [0.25, 0.3) is 0 Å². The lowest BCUT2D eigenvalue weighted by Crippen LogP contribution is -2.47. The van der Waals surface area contributed by atoms with Crippen LogP contribution in [0.15, 0.2) is 4.63 Å². The molecule has 0 aliphatic heterocycles. The predicted molar refractivity (Wildman–Crippen MR) is 60.4 cm³/mol. The maximum absolute atomic E-state index is 12.2. The van der Waals surface area contributed by atoms with E-state index in [1.54, 1.807) is 27.7 Å². The fourth-order valence-corrected chi connectivity index (χ4v) is 1.78. The van der Waals surface area contributed by atoms with Gasteiger partial charge in [0.25, 0.3) is 11.6 Å². The van der Waals surface area contributed by atoms with Crippen LogP contribution in [-0.2, 0) is 0 Å². The van der Waals surface area contributed by atoms with Gasteiger partial charge in [-0.15, -0.1) is 0 Å². The van der Waals surface area contributed by atoms with E-state index in [-0.39, 0.29) is 17.0 Å². The Morgan fingerprint density at radius 3 is 2.22 bits per heavy atom. The summed E-state index contributed by atoms with van der Waals surface area (Å²) in [6.07, 6.45) is 0. The summed E-state index contributed by atoms with van der Waals surface area (Å²) in [7, 11) is 0. The van der Waals surface area contributed by atoms with E-state index in [4.69, 9.17) is 5.73 Å². The molecule has 0 fully saturated rings. The Hall–Kier alpha value is -2.12. The van der Waals surface area contributed by atoms with Gasteiger partial charge in [0.1, 0.15) is 0 Å². The first-order valence-electron chi connectivity index (χ1n) is 5.49. The second kappa shape index (κ2) is 5.03. The van der Waals surface area contributed by atoms with Gasteiger partial charge in [-0.3, -0.25) is 14.2 Å². The lowest BCUT2D eigenvalue weighted by Gasteiger charge is -2.29. The van der Waals surface area contributed by atoms with Crippen LogP contribution >= 0.6 is 0 Å². The maximum Gasteiger partial charge on any atom is 0.318 e. The predicted octanol–water partition coefficient (Wildman–Crippen LogP) is -0.334. The van der Waals surface area contributed by atoms with Crippen molar-refractivity contribution in [2.75, 3.05) is 0 Å². The molecule has 0 unspecified atom stereocenters. The van der Waals surface area contributed by atoms with Crippen LogP contribution in [0.4, 0.5) is 0 Å². The lowest BCUT2D eigenvalue weighted by atomic mass is 10.2. The fourth-order valence-electron chi connectivity index (χ4n) is 1.78. The Morgan fingerprint density at radius 1 is 1.33 bits per heavy atom. The van der Waals surface area contributed by atoms with E-state index < -0.39 is 23.2 Å². The summed E-state index contributed by atoms with van der Waals surface area (Å²) in [6, 6.07) is -0.291. The Kier molecular flexibility index (Phi) is 3.89. The lowest BCUT2D eigenvalue weighted by molar-refractivity contribution is -0.803. The molecule has 8 heteroatoms. The molecular weight excluding hydrogens is 240 g/mol. The van der Waals surface area contributed by atoms with Gasteiger partial charge in [-0.05, 0) is 32.6 Å². The van der Waals surface area contributed by atoms with E-state index in [1.165, 1.54) is 4.90 Å². The average molecular weight is 256 g/mol. The third kappa shape index (κ3) is 2.41. The van der Waals surface area contributed by atoms with Crippen molar-refractivity contribution in [2.45, 2.75) is 39.8 Å². The molecular formula is C10H16N4O4. The monoisotopic (exact) mass is 256 g/mol. The molecule has 1 heterocycles. The Labute approximate surface area is 104 Å². The van der Waals surface area contributed by atoms with E-state index >= 15 is 0 Å². The van der Waals surface area contributed by atoms with E-state index in [2.05, 4.69) is 9.79 Å². The van der Waals surface area contributed by atoms with Crippen LogP contribution in [0, 0.1) is 5.21 Å². The number of hydrogen-bond donors (Lipinski definition) is 1. The van der Waals surface area contributed by atoms with Gasteiger partial charge in [0.2, 0.25) is 0 Å². The van der Waals surface area contributed by atoms with Gasteiger partial charge in [0, 0.05) is 12.1 Å². The highest BCUT2D eigenvalue weighted by Crippen LogP contribution is 2.12. The Bertz CT molecular complexity index is 458. The summed E-state index contributed by atoms with van der Waals surface area (Å²) in [5.41, 5.74) is 4.09. The molecule has 0 radical (unpaired) electrons. The third-order valence-electron chi connectivity index (χ3n) is 2.40. The zero-order valence-electron chi connectivity index (χ0n) is 10.7. The minimum absolute atomic E-state index is 0.0970. The summed E-state index contributed by atoms with van der Waals surface area (Å²) in [5.74, 6) is -1.62. The molecule has 18 heavy (non-hydrogen) atoms. The summed E-state index contributed by atoms with van der Waals surface area (Å²) < 4.78 is 4.25. The Morgan fingerprint density at radius 2 is 1.83 bits per heavy atom. The maximum atomic E-state index is 12.2. The standard InChI is InChI=1S/C10H16N4O4/c1-5(2)13(6(3)4)10(16)8-7(9(11)15)12-18-14(8)17/h5-6H,1-4H3,(H2,11,15). The molecule has 2 amide bonds. The Balaban J connectivity index is 3.25. The van der Waals surface area contributed by atoms with E-state index in [1.807, 2.05) is 0 Å². The number of nitrogens with zero attached hydrogens (tertiary/aromatic N) is 3.